The molecule has 5 nitrogen and oxygen atoms in total. The summed E-state index contributed by atoms with van der Waals surface area (Å²) in [5.41, 5.74) is 4.09. The molecular formula is C6H13NO4. The van der Waals surface area contributed by atoms with Gasteiger partial charge in [0.1, 0.15) is 24.4 Å². The highest BCUT2D eigenvalue weighted by Crippen LogP contribution is 2.28. The summed E-state index contributed by atoms with van der Waals surface area (Å²) in [5, 5.41) is 36.4. The van der Waals surface area contributed by atoms with E-state index in [1.807, 2.05) is 0 Å². The second-order valence-corrected chi connectivity index (χ2v) is 3.24. The highest BCUT2D eigenvalue weighted by atomic mass is 16.4. The first kappa shape index (κ1) is 8.89. The van der Waals surface area contributed by atoms with Crippen molar-refractivity contribution in [2.45, 2.75) is 36.9 Å². The normalized spacial score (nSPS) is 58.4. The lowest BCUT2D eigenvalue weighted by atomic mass is 9.97. The maximum absolute atomic E-state index is 9.17. The van der Waals surface area contributed by atoms with Crippen LogP contribution < -0.4 is 5.73 Å². The van der Waals surface area contributed by atoms with Gasteiger partial charge in [0.25, 0.3) is 0 Å². The van der Waals surface area contributed by atoms with Crippen LogP contribution in [0.15, 0.2) is 0 Å². The first-order valence-electron chi connectivity index (χ1n) is 3.40. The number of hydrogen-bond donors (Lipinski definition) is 5. The van der Waals surface area contributed by atoms with Gasteiger partial charge in [-0.25, -0.2) is 0 Å². The molecule has 1 aliphatic carbocycles. The van der Waals surface area contributed by atoms with Gasteiger partial charge in [0.05, 0.1) is 5.54 Å². The molecule has 5 atom stereocenters. The number of aliphatic hydroxyl groups is 4. The fourth-order valence-corrected chi connectivity index (χ4v) is 1.28. The van der Waals surface area contributed by atoms with Gasteiger partial charge in [-0.05, 0) is 6.92 Å². The zero-order valence-electron chi connectivity index (χ0n) is 6.18. The minimum atomic E-state index is -1.36. The molecule has 0 amide bonds. The topological polar surface area (TPSA) is 107 Å². The molecular weight excluding hydrogens is 150 g/mol. The Balaban J connectivity index is 2.87. The van der Waals surface area contributed by atoms with Gasteiger partial charge in [-0.2, -0.15) is 0 Å². The van der Waals surface area contributed by atoms with E-state index < -0.39 is 30.0 Å². The van der Waals surface area contributed by atoms with Crippen LogP contribution in [-0.2, 0) is 0 Å². The van der Waals surface area contributed by atoms with Crippen LogP contribution in [-0.4, -0.2) is 50.4 Å². The molecule has 0 heterocycles. The summed E-state index contributed by atoms with van der Waals surface area (Å²) >= 11 is 0. The highest BCUT2D eigenvalue weighted by molar-refractivity contribution is 5.09. The van der Waals surface area contributed by atoms with Crippen LogP contribution >= 0.6 is 0 Å². The molecule has 0 aromatic rings. The summed E-state index contributed by atoms with van der Waals surface area (Å²) in [6.45, 7) is 1.38. The first-order valence-corrected chi connectivity index (χ1v) is 3.40. The van der Waals surface area contributed by atoms with Crippen LogP contribution in [0.4, 0.5) is 0 Å². The SMILES string of the molecule is CC1(N)[C@H](O)[C@H](O)[C@H](O)[C@H]1O. The molecule has 0 bridgehead atoms. The van der Waals surface area contributed by atoms with E-state index in [0.29, 0.717) is 0 Å². The molecule has 0 radical (unpaired) electrons. The summed E-state index contributed by atoms with van der Waals surface area (Å²) < 4.78 is 0. The van der Waals surface area contributed by atoms with Gasteiger partial charge in [-0.1, -0.05) is 0 Å². The molecule has 0 spiro atoms. The van der Waals surface area contributed by atoms with Crippen molar-refractivity contribution in [1.82, 2.24) is 0 Å². The lowest BCUT2D eigenvalue weighted by Crippen LogP contribution is -2.53. The van der Waals surface area contributed by atoms with Gasteiger partial charge in [-0.3, -0.25) is 0 Å². The predicted molar refractivity (Wildman–Crippen MR) is 36.6 cm³/mol. The van der Waals surface area contributed by atoms with Crippen molar-refractivity contribution in [3.05, 3.63) is 0 Å². The summed E-state index contributed by atoms with van der Waals surface area (Å²) in [7, 11) is 0. The zero-order valence-corrected chi connectivity index (χ0v) is 6.18. The van der Waals surface area contributed by atoms with E-state index >= 15 is 0 Å². The van der Waals surface area contributed by atoms with E-state index in [0.717, 1.165) is 0 Å². The van der Waals surface area contributed by atoms with Crippen molar-refractivity contribution in [2.24, 2.45) is 5.73 Å². The Labute approximate surface area is 64.1 Å². The molecule has 6 N–H and O–H groups in total. The second-order valence-electron chi connectivity index (χ2n) is 3.24. The largest absolute Gasteiger partial charge is 0.388 e. The Morgan fingerprint density at radius 3 is 1.36 bits per heavy atom. The molecule has 0 aliphatic heterocycles. The van der Waals surface area contributed by atoms with Gasteiger partial charge in [0.15, 0.2) is 0 Å². The molecule has 1 saturated carbocycles. The van der Waals surface area contributed by atoms with Crippen molar-refractivity contribution < 1.29 is 20.4 Å². The molecule has 11 heavy (non-hydrogen) atoms. The summed E-state index contributed by atoms with van der Waals surface area (Å²) in [6, 6.07) is 0. The smallest absolute Gasteiger partial charge is 0.110 e. The van der Waals surface area contributed by atoms with Gasteiger partial charge in [-0.15, -0.1) is 0 Å². The maximum Gasteiger partial charge on any atom is 0.110 e. The molecule has 0 aromatic carbocycles. The fraction of sp³-hybridized carbons (Fsp3) is 1.00. The minimum absolute atomic E-state index is 1.28. The van der Waals surface area contributed by atoms with E-state index in [1.54, 1.807) is 0 Å². The maximum atomic E-state index is 9.17. The Bertz CT molecular complexity index is 145. The molecule has 1 fully saturated rings. The Morgan fingerprint density at radius 2 is 1.27 bits per heavy atom. The van der Waals surface area contributed by atoms with Crippen molar-refractivity contribution in [3.8, 4) is 0 Å². The third-order valence-electron chi connectivity index (χ3n) is 2.27. The molecule has 0 saturated heterocycles. The fourth-order valence-electron chi connectivity index (χ4n) is 1.28. The summed E-state index contributed by atoms with van der Waals surface area (Å²) in [5.74, 6) is 0. The minimum Gasteiger partial charge on any atom is -0.388 e. The van der Waals surface area contributed by atoms with Gasteiger partial charge < -0.3 is 26.2 Å². The van der Waals surface area contributed by atoms with E-state index in [2.05, 4.69) is 0 Å². The van der Waals surface area contributed by atoms with Crippen LogP contribution in [0.1, 0.15) is 6.92 Å². The van der Waals surface area contributed by atoms with Crippen molar-refractivity contribution in [3.63, 3.8) is 0 Å². The van der Waals surface area contributed by atoms with Crippen LogP contribution in [0, 0.1) is 0 Å². The van der Waals surface area contributed by atoms with Crippen LogP contribution in [0.2, 0.25) is 0 Å². The molecule has 0 aromatic heterocycles. The molecule has 1 aliphatic rings. The monoisotopic (exact) mass is 163 g/mol. The lowest BCUT2D eigenvalue weighted by Gasteiger charge is -2.26. The van der Waals surface area contributed by atoms with E-state index in [1.165, 1.54) is 6.92 Å². The van der Waals surface area contributed by atoms with Gasteiger partial charge in [0.2, 0.25) is 0 Å². The Morgan fingerprint density at radius 1 is 1.00 bits per heavy atom. The Kier molecular flexibility index (Phi) is 1.94. The quantitative estimate of drug-likeness (QED) is 0.264. The number of aliphatic hydroxyl groups excluding tert-OH is 4. The van der Waals surface area contributed by atoms with Crippen LogP contribution in [0.3, 0.4) is 0 Å². The number of nitrogens with two attached hydrogens (primary N) is 1. The summed E-state index contributed by atoms with van der Waals surface area (Å²) in [4.78, 5) is 0. The molecule has 1 rings (SSSR count). The predicted octanol–water partition coefficient (Wildman–Crippen LogP) is -2.84. The Hall–Kier alpha value is -0.200. The third-order valence-corrected chi connectivity index (χ3v) is 2.27. The van der Waals surface area contributed by atoms with E-state index in [-0.39, 0.29) is 0 Å². The van der Waals surface area contributed by atoms with E-state index in [9.17, 15) is 10.2 Å². The van der Waals surface area contributed by atoms with E-state index in [4.69, 9.17) is 15.9 Å². The van der Waals surface area contributed by atoms with Crippen molar-refractivity contribution in [2.75, 3.05) is 0 Å². The van der Waals surface area contributed by atoms with Crippen LogP contribution in [0.25, 0.3) is 0 Å². The first-order chi connectivity index (χ1) is 4.89. The third kappa shape index (κ3) is 1.05. The molecule has 5 heteroatoms. The number of rotatable bonds is 0. The van der Waals surface area contributed by atoms with Crippen molar-refractivity contribution in [1.29, 1.82) is 0 Å². The zero-order chi connectivity index (χ0) is 8.81. The average Bonchev–Trinajstić information content (AvgIpc) is 2.06. The highest BCUT2D eigenvalue weighted by Gasteiger charge is 2.54. The van der Waals surface area contributed by atoms with Crippen molar-refractivity contribution >= 4 is 0 Å². The van der Waals surface area contributed by atoms with Gasteiger partial charge in [0, 0.05) is 0 Å². The second kappa shape index (κ2) is 2.40. The van der Waals surface area contributed by atoms with Crippen LogP contribution in [0.5, 0.6) is 0 Å². The molecule has 66 valence electrons. The average molecular weight is 163 g/mol. The summed E-state index contributed by atoms with van der Waals surface area (Å²) in [6.07, 6.45) is -5.29. The molecule has 1 unspecified atom stereocenters. The standard InChI is InChI=1S/C6H13NO4/c1-6(7)4(10)2(8)3(9)5(6)11/h2-5,8-11H,7H2,1H3/t2-,3+,4-,5-,6?/m1/s1. The van der Waals surface area contributed by atoms with Gasteiger partial charge >= 0.3 is 0 Å². The number of hydrogen-bond acceptors (Lipinski definition) is 5. The lowest BCUT2D eigenvalue weighted by molar-refractivity contribution is -0.0413.